The Morgan fingerprint density at radius 3 is 2.94 bits per heavy atom. The summed E-state index contributed by atoms with van der Waals surface area (Å²) in [7, 11) is -3.40. The smallest absolute Gasteiger partial charge is 0.252 e. The minimum absolute atomic E-state index is 0.219. The first-order valence-corrected chi connectivity index (χ1v) is 8.55. The molecule has 0 aliphatic carbocycles. The van der Waals surface area contributed by atoms with E-state index in [9.17, 15) is 8.42 Å². The number of rotatable bonds is 3. The molecule has 0 amide bonds. The number of ether oxygens (including phenoxy) is 1. The van der Waals surface area contributed by atoms with E-state index in [1.54, 1.807) is 12.1 Å². The molecule has 0 saturated carbocycles. The lowest BCUT2D eigenvalue weighted by molar-refractivity contribution is 0.0123. The van der Waals surface area contributed by atoms with Gasteiger partial charge in [0.1, 0.15) is 4.21 Å². The molecule has 2 heterocycles. The van der Waals surface area contributed by atoms with Crippen LogP contribution in [0, 0.1) is 0 Å². The van der Waals surface area contributed by atoms with Crippen LogP contribution in [-0.4, -0.2) is 44.4 Å². The summed E-state index contributed by atoms with van der Waals surface area (Å²) in [5.74, 6) is 0.306. The van der Waals surface area contributed by atoms with Crippen molar-refractivity contribution in [1.29, 1.82) is 0 Å². The van der Waals surface area contributed by atoms with Crippen LogP contribution in [0.4, 0.5) is 0 Å². The molecule has 1 unspecified atom stereocenters. The summed E-state index contributed by atoms with van der Waals surface area (Å²) >= 11 is 10.2. The first kappa shape index (κ1) is 13.8. The van der Waals surface area contributed by atoms with E-state index >= 15 is 0 Å². The van der Waals surface area contributed by atoms with Gasteiger partial charge in [-0.05, 0) is 28.1 Å². The van der Waals surface area contributed by atoms with Gasteiger partial charge in [-0.25, -0.2) is 8.42 Å². The Labute approximate surface area is 118 Å². The Morgan fingerprint density at radius 2 is 2.35 bits per heavy atom. The van der Waals surface area contributed by atoms with Crippen molar-refractivity contribution in [2.45, 2.75) is 10.3 Å². The third kappa shape index (κ3) is 3.02. The highest BCUT2D eigenvalue weighted by atomic mass is 79.9. The normalized spacial score (nSPS) is 22.8. The van der Waals surface area contributed by atoms with Crippen LogP contribution < -0.4 is 0 Å². The van der Waals surface area contributed by atoms with Gasteiger partial charge in [0.25, 0.3) is 10.0 Å². The largest absolute Gasteiger partial charge is 0.374 e. The van der Waals surface area contributed by atoms with Crippen LogP contribution in [-0.2, 0) is 14.8 Å². The van der Waals surface area contributed by atoms with Crippen LogP contribution >= 0.6 is 38.9 Å². The van der Waals surface area contributed by atoms with Crippen LogP contribution in [0.15, 0.2) is 20.1 Å². The van der Waals surface area contributed by atoms with E-state index in [4.69, 9.17) is 16.3 Å². The second kappa shape index (κ2) is 5.54. The number of morpholine rings is 1. The van der Waals surface area contributed by atoms with Gasteiger partial charge in [-0.2, -0.15) is 4.31 Å². The van der Waals surface area contributed by atoms with E-state index in [1.165, 1.54) is 15.6 Å². The van der Waals surface area contributed by atoms with E-state index in [-0.39, 0.29) is 6.10 Å². The Balaban J connectivity index is 2.21. The molecule has 8 heteroatoms. The minimum Gasteiger partial charge on any atom is -0.374 e. The second-order valence-corrected chi connectivity index (χ2v) is 8.51. The lowest BCUT2D eigenvalue weighted by atomic mass is 10.3. The van der Waals surface area contributed by atoms with Crippen molar-refractivity contribution in [3.05, 3.63) is 15.9 Å². The molecule has 1 atom stereocenters. The van der Waals surface area contributed by atoms with Crippen LogP contribution in [0.3, 0.4) is 0 Å². The number of nitrogens with zero attached hydrogens (tertiary/aromatic N) is 1. The summed E-state index contributed by atoms with van der Waals surface area (Å²) in [5, 5.41) is 0. The highest BCUT2D eigenvalue weighted by molar-refractivity contribution is 9.11. The Bertz CT molecular complexity index is 490. The summed E-state index contributed by atoms with van der Waals surface area (Å²) in [4.78, 5) is 0. The van der Waals surface area contributed by atoms with Gasteiger partial charge in [0.05, 0.1) is 16.5 Å². The van der Waals surface area contributed by atoms with Crippen molar-refractivity contribution in [2.75, 3.05) is 25.6 Å². The molecule has 1 aromatic rings. The molecule has 1 aliphatic rings. The average Bonchev–Trinajstić information content (AvgIpc) is 2.76. The summed E-state index contributed by atoms with van der Waals surface area (Å²) in [5.41, 5.74) is 0. The maximum atomic E-state index is 12.3. The molecule has 0 N–H and O–H groups in total. The van der Waals surface area contributed by atoms with Crippen LogP contribution in [0.2, 0.25) is 0 Å². The number of alkyl halides is 1. The number of sulfonamides is 1. The zero-order valence-electron chi connectivity index (χ0n) is 8.80. The van der Waals surface area contributed by atoms with Crippen LogP contribution in [0.25, 0.3) is 0 Å². The second-order valence-electron chi connectivity index (χ2n) is 3.57. The van der Waals surface area contributed by atoms with E-state index in [0.29, 0.717) is 29.8 Å². The topological polar surface area (TPSA) is 46.6 Å². The molecular formula is C9H11BrClNO3S2. The molecule has 1 saturated heterocycles. The van der Waals surface area contributed by atoms with Gasteiger partial charge in [0.2, 0.25) is 0 Å². The number of halogens is 2. The fourth-order valence-corrected chi connectivity index (χ4v) is 5.37. The molecule has 2 rings (SSSR count). The molecule has 0 aromatic carbocycles. The Hall–Kier alpha value is 0.340. The lowest BCUT2D eigenvalue weighted by Gasteiger charge is -2.30. The molecule has 0 spiro atoms. The molecule has 1 aromatic heterocycles. The SMILES string of the molecule is O=S(=O)(c1ccc(Br)s1)N1CCOC(CCl)C1. The maximum Gasteiger partial charge on any atom is 0.252 e. The molecule has 96 valence electrons. The first-order chi connectivity index (χ1) is 8.04. The van der Waals surface area contributed by atoms with Crippen molar-refractivity contribution < 1.29 is 13.2 Å². The number of hydrogen-bond donors (Lipinski definition) is 0. The minimum atomic E-state index is -3.40. The summed E-state index contributed by atoms with van der Waals surface area (Å²) in [6.45, 7) is 1.09. The predicted molar refractivity (Wildman–Crippen MR) is 71.2 cm³/mol. The third-order valence-electron chi connectivity index (χ3n) is 2.42. The Morgan fingerprint density at radius 1 is 1.59 bits per heavy atom. The van der Waals surface area contributed by atoms with E-state index in [1.807, 2.05) is 0 Å². The summed E-state index contributed by atoms with van der Waals surface area (Å²) in [6, 6.07) is 3.34. The number of thiophene rings is 1. The van der Waals surface area contributed by atoms with E-state index < -0.39 is 10.0 Å². The molecule has 1 fully saturated rings. The molecule has 1 aliphatic heterocycles. The molecule has 4 nitrogen and oxygen atoms in total. The van der Waals surface area contributed by atoms with Gasteiger partial charge >= 0.3 is 0 Å². The standard InChI is InChI=1S/C9H11BrClNO3S2/c10-8-1-2-9(16-8)17(13,14)12-3-4-15-7(5-11)6-12/h1-2,7H,3-6H2. The predicted octanol–water partition coefficient (Wildman–Crippen LogP) is 2.14. The highest BCUT2D eigenvalue weighted by Gasteiger charge is 2.31. The summed E-state index contributed by atoms with van der Waals surface area (Å²) < 4.78 is 32.5. The fourth-order valence-electron chi connectivity index (χ4n) is 1.57. The zero-order valence-corrected chi connectivity index (χ0v) is 12.8. The quantitative estimate of drug-likeness (QED) is 0.776. The third-order valence-corrected chi connectivity index (χ3v) is 6.72. The maximum absolute atomic E-state index is 12.3. The van der Waals surface area contributed by atoms with Crippen molar-refractivity contribution in [2.24, 2.45) is 0 Å². The van der Waals surface area contributed by atoms with Crippen molar-refractivity contribution >= 4 is 48.9 Å². The fraction of sp³-hybridized carbons (Fsp3) is 0.556. The van der Waals surface area contributed by atoms with Gasteiger partial charge in [-0.15, -0.1) is 22.9 Å². The van der Waals surface area contributed by atoms with Gasteiger partial charge in [0.15, 0.2) is 0 Å². The molecule has 0 radical (unpaired) electrons. The molecule has 17 heavy (non-hydrogen) atoms. The summed E-state index contributed by atoms with van der Waals surface area (Å²) in [6.07, 6.45) is -0.219. The first-order valence-electron chi connectivity index (χ1n) is 4.97. The van der Waals surface area contributed by atoms with Gasteiger partial charge in [-0.3, -0.25) is 0 Å². The number of hydrogen-bond acceptors (Lipinski definition) is 4. The van der Waals surface area contributed by atoms with E-state index in [2.05, 4.69) is 15.9 Å². The Kier molecular flexibility index (Phi) is 4.49. The average molecular weight is 361 g/mol. The van der Waals surface area contributed by atoms with Crippen molar-refractivity contribution in [3.8, 4) is 0 Å². The van der Waals surface area contributed by atoms with Gasteiger partial charge < -0.3 is 4.74 Å². The van der Waals surface area contributed by atoms with Gasteiger partial charge in [-0.1, -0.05) is 0 Å². The molecule has 0 bridgehead atoms. The lowest BCUT2D eigenvalue weighted by Crippen LogP contribution is -2.45. The van der Waals surface area contributed by atoms with Crippen molar-refractivity contribution in [3.63, 3.8) is 0 Å². The van der Waals surface area contributed by atoms with Crippen LogP contribution in [0.5, 0.6) is 0 Å². The molecular weight excluding hydrogens is 350 g/mol. The van der Waals surface area contributed by atoms with Crippen LogP contribution in [0.1, 0.15) is 0 Å². The highest BCUT2D eigenvalue weighted by Crippen LogP contribution is 2.29. The monoisotopic (exact) mass is 359 g/mol. The zero-order chi connectivity index (χ0) is 12.5. The van der Waals surface area contributed by atoms with Gasteiger partial charge in [0, 0.05) is 19.0 Å². The van der Waals surface area contributed by atoms with Crippen molar-refractivity contribution in [1.82, 2.24) is 4.31 Å². The van der Waals surface area contributed by atoms with E-state index in [0.717, 1.165) is 3.79 Å².